The Morgan fingerprint density at radius 2 is 2.19 bits per heavy atom. The summed E-state index contributed by atoms with van der Waals surface area (Å²) in [6, 6.07) is 2.12. The van der Waals surface area contributed by atoms with E-state index in [1.165, 1.54) is 0 Å². The van der Waals surface area contributed by atoms with Gasteiger partial charge in [0.25, 0.3) is 0 Å². The molecule has 0 fully saturated rings. The molecule has 16 heavy (non-hydrogen) atoms. The zero-order valence-electron chi connectivity index (χ0n) is 8.54. The molecule has 0 aliphatic rings. The maximum atomic E-state index is 13.2. The van der Waals surface area contributed by atoms with Crippen LogP contribution in [0, 0.1) is 24.0 Å². The van der Waals surface area contributed by atoms with E-state index in [0.29, 0.717) is 0 Å². The predicted molar refractivity (Wildman–Crippen MR) is 56.5 cm³/mol. The highest BCUT2D eigenvalue weighted by atomic mass is 19.1. The number of ketones is 1. The Bertz CT molecular complexity index is 437. The third-order valence-corrected chi connectivity index (χ3v) is 2.12. The lowest BCUT2D eigenvalue weighted by molar-refractivity contribution is -0.119. The second kappa shape index (κ2) is 5.38. The minimum absolute atomic E-state index is 0.00234. The number of hydrogen-bond donors (Lipinski definition) is 1. The molecule has 0 saturated carbocycles. The van der Waals surface area contributed by atoms with Crippen molar-refractivity contribution in [1.29, 1.82) is 0 Å². The number of Topliss-reactive ketones (excluding diaryl/α,β-unsaturated/α-hetero) is 1. The van der Waals surface area contributed by atoms with Gasteiger partial charge in [0.1, 0.15) is 11.6 Å². The second-order valence-corrected chi connectivity index (χ2v) is 3.39. The first-order valence-electron chi connectivity index (χ1n) is 4.70. The van der Waals surface area contributed by atoms with Crippen LogP contribution < -0.4 is 5.73 Å². The zero-order valence-corrected chi connectivity index (χ0v) is 8.54. The number of benzene rings is 1. The molecule has 1 unspecified atom stereocenters. The van der Waals surface area contributed by atoms with E-state index in [1.54, 1.807) is 0 Å². The van der Waals surface area contributed by atoms with Gasteiger partial charge in [-0.25, -0.2) is 8.78 Å². The van der Waals surface area contributed by atoms with E-state index in [2.05, 4.69) is 5.92 Å². The molecule has 1 aromatic rings. The molecular formula is C12H11F2NO. The van der Waals surface area contributed by atoms with E-state index < -0.39 is 23.5 Å². The lowest BCUT2D eigenvalue weighted by Crippen LogP contribution is -2.31. The number of nitrogens with two attached hydrogens (primary N) is 1. The van der Waals surface area contributed by atoms with Gasteiger partial charge in [-0.05, 0) is 23.8 Å². The molecule has 0 aliphatic carbocycles. The highest BCUT2D eigenvalue weighted by Crippen LogP contribution is 2.11. The topological polar surface area (TPSA) is 43.1 Å². The third kappa shape index (κ3) is 3.14. The lowest BCUT2D eigenvalue weighted by Gasteiger charge is -2.07. The maximum Gasteiger partial charge on any atom is 0.154 e. The summed E-state index contributed by atoms with van der Waals surface area (Å²) in [6.45, 7) is 0. The van der Waals surface area contributed by atoms with Gasteiger partial charge in [0, 0.05) is 12.8 Å². The highest BCUT2D eigenvalue weighted by molar-refractivity contribution is 5.86. The first-order chi connectivity index (χ1) is 7.54. The molecule has 1 aromatic carbocycles. The molecule has 1 rings (SSSR count). The third-order valence-electron chi connectivity index (χ3n) is 2.12. The molecule has 2 nitrogen and oxygen atoms in total. The van der Waals surface area contributed by atoms with Gasteiger partial charge in [-0.3, -0.25) is 4.79 Å². The monoisotopic (exact) mass is 223 g/mol. The summed E-state index contributed by atoms with van der Waals surface area (Å²) in [7, 11) is 0. The average Bonchev–Trinajstić information content (AvgIpc) is 2.23. The van der Waals surface area contributed by atoms with Gasteiger partial charge in [-0.2, -0.15) is 0 Å². The van der Waals surface area contributed by atoms with Crippen molar-refractivity contribution in [2.24, 2.45) is 5.73 Å². The maximum absolute atomic E-state index is 13.2. The number of carbonyl (C=O) groups is 1. The van der Waals surface area contributed by atoms with Crippen LogP contribution in [0.3, 0.4) is 0 Å². The molecule has 0 amide bonds. The molecule has 0 heterocycles. The quantitative estimate of drug-likeness (QED) is 0.784. The van der Waals surface area contributed by atoms with Crippen molar-refractivity contribution in [2.75, 3.05) is 0 Å². The van der Waals surface area contributed by atoms with Gasteiger partial charge in [0.15, 0.2) is 5.78 Å². The lowest BCUT2D eigenvalue weighted by atomic mass is 10.0. The Hall–Kier alpha value is -1.73. The number of hydrogen-bond acceptors (Lipinski definition) is 2. The minimum atomic E-state index is -0.826. The fraction of sp³-hybridized carbons (Fsp3) is 0.250. The van der Waals surface area contributed by atoms with Gasteiger partial charge in [0.2, 0.25) is 0 Å². The molecule has 0 aromatic heterocycles. The fourth-order valence-electron chi connectivity index (χ4n) is 1.24. The molecular weight excluding hydrogens is 212 g/mol. The van der Waals surface area contributed by atoms with Crippen LogP contribution in [0.5, 0.6) is 0 Å². The summed E-state index contributed by atoms with van der Waals surface area (Å²) >= 11 is 0. The van der Waals surface area contributed by atoms with Crippen molar-refractivity contribution in [3.8, 4) is 12.3 Å². The van der Waals surface area contributed by atoms with Crippen LogP contribution in [-0.4, -0.2) is 11.8 Å². The summed E-state index contributed by atoms with van der Waals surface area (Å²) in [5.74, 6) is 0.635. The van der Waals surface area contributed by atoms with E-state index in [0.717, 1.165) is 18.2 Å². The Morgan fingerprint density at radius 3 is 2.81 bits per heavy atom. The van der Waals surface area contributed by atoms with Crippen molar-refractivity contribution in [1.82, 2.24) is 0 Å². The fourth-order valence-corrected chi connectivity index (χ4v) is 1.24. The predicted octanol–water partition coefficient (Wildman–Crippen LogP) is 1.43. The molecule has 0 aliphatic heterocycles. The molecule has 0 spiro atoms. The summed E-state index contributed by atoms with van der Waals surface area (Å²) in [5.41, 5.74) is 5.45. The normalized spacial score (nSPS) is 11.9. The van der Waals surface area contributed by atoms with Crippen LogP contribution >= 0.6 is 0 Å². The summed E-state index contributed by atoms with van der Waals surface area (Å²) in [4.78, 5) is 11.5. The molecule has 1 atom stereocenters. The smallest absolute Gasteiger partial charge is 0.154 e. The molecule has 84 valence electrons. The van der Waals surface area contributed by atoms with Gasteiger partial charge in [-0.15, -0.1) is 12.3 Å². The van der Waals surface area contributed by atoms with Crippen molar-refractivity contribution in [2.45, 2.75) is 18.9 Å². The van der Waals surface area contributed by atoms with Crippen LogP contribution in [-0.2, 0) is 11.2 Å². The van der Waals surface area contributed by atoms with Crippen LogP contribution in [0.4, 0.5) is 8.78 Å². The number of terminal acetylenes is 1. The first-order valence-corrected chi connectivity index (χ1v) is 4.70. The van der Waals surface area contributed by atoms with E-state index >= 15 is 0 Å². The molecule has 2 N–H and O–H groups in total. The summed E-state index contributed by atoms with van der Waals surface area (Å²) < 4.78 is 26.0. The first kappa shape index (κ1) is 12.3. The van der Waals surface area contributed by atoms with Gasteiger partial charge in [-0.1, -0.05) is 0 Å². The largest absolute Gasteiger partial charge is 0.321 e. The van der Waals surface area contributed by atoms with E-state index in [4.69, 9.17) is 12.2 Å². The summed E-state index contributed by atoms with van der Waals surface area (Å²) in [5, 5.41) is 0. The Balaban J connectivity index is 2.77. The Morgan fingerprint density at radius 1 is 1.50 bits per heavy atom. The number of carbonyl (C=O) groups excluding carboxylic acids is 1. The van der Waals surface area contributed by atoms with E-state index in [9.17, 15) is 13.6 Å². The molecule has 0 bridgehead atoms. The van der Waals surface area contributed by atoms with Crippen LogP contribution in [0.1, 0.15) is 12.0 Å². The Kier molecular flexibility index (Phi) is 4.15. The zero-order chi connectivity index (χ0) is 12.1. The van der Waals surface area contributed by atoms with Crippen LogP contribution in [0.25, 0.3) is 0 Å². The molecule has 0 radical (unpaired) electrons. The molecule has 0 saturated heterocycles. The Labute approximate surface area is 92.5 Å². The standard InChI is InChI=1S/C12H11F2NO/c1-2-3-11(15)12(16)7-8-6-9(13)4-5-10(8)14/h1,4-6,11H,3,7,15H2. The SMILES string of the molecule is C#CCC(N)C(=O)Cc1cc(F)ccc1F. The van der Waals surface area contributed by atoms with Crippen molar-refractivity contribution < 1.29 is 13.6 Å². The number of halogens is 2. The van der Waals surface area contributed by atoms with E-state index in [-0.39, 0.29) is 18.4 Å². The van der Waals surface area contributed by atoms with Gasteiger partial charge in [0.05, 0.1) is 6.04 Å². The van der Waals surface area contributed by atoms with Gasteiger partial charge >= 0.3 is 0 Å². The summed E-state index contributed by atoms with van der Waals surface area (Å²) in [6.07, 6.45) is 4.85. The van der Waals surface area contributed by atoms with Crippen molar-refractivity contribution in [3.63, 3.8) is 0 Å². The molecule has 4 heteroatoms. The second-order valence-electron chi connectivity index (χ2n) is 3.39. The average molecular weight is 223 g/mol. The van der Waals surface area contributed by atoms with E-state index in [1.807, 2.05) is 0 Å². The van der Waals surface area contributed by atoms with Crippen LogP contribution in [0.2, 0.25) is 0 Å². The highest BCUT2D eigenvalue weighted by Gasteiger charge is 2.15. The van der Waals surface area contributed by atoms with Crippen molar-refractivity contribution >= 4 is 5.78 Å². The van der Waals surface area contributed by atoms with Crippen LogP contribution in [0.15, 0.2) is 18.2 Å². The van der Waals surface area contributed by atoms with Gasteiger partial charge < -0.3 is 5.73 Å². The van der Waals surface area contributed by atoms with Crippen molar-refractivity contribution in [3.05, 3.63) is 35.4 Å². The minimum Gasteiger partial charge on any atom is -0.321 e. The number of rotatable bonds is 4.